The smallest absolute Gasteiger partial charge is 0.419 e. The summed E-state index contributed by atoms with van der Waals surface area (Å²) in [5, 5.41) is 2.57. The molecule has 0 aliphatic carbocycles. The van der Waals surface area contributed by atoms with Gasteiger partial charge in [0, 0.05) is 18.6 Å². The van der Waals surface area contributed by atoms with E-state index in [9.17, 15) is 18.0 Å². The molecule has 6 nitrogen and oxygen atoms in total. The molecule has 0 saturated carbocycles. The van der Waals surface area contributed by atoms with E-state index in [1.54, 1.807) is 12.1 Å². The number of hydrogen-bond acceptors (Lipinski definition) is 5. The number of benzene rings is 1. The molecule has 2 aromatic heterocycles. The summed E-state index contributed by atoms with van der Waals surface area (Å²) in [6, 6.07) is 7.00. The molecule has 9 heteroatoms. The first kappa shape index (κ1) is 24.2. The Bertz CT molecular complexity index is 1090. The van der Waals surface area contributed by atoms with Gasteiger partial charge in [0.05, 0.1) is 18.4 Å². The number of carbonyl (C=O) groups excluding carboxylic acids is 1. The lowest BCUT2D eigenvalue weighted by molar-refractivity contribution is -0.139. The number of alkyl halides is 3. The molecule has 33 heavy (non-hydrogen) atoms. The molecule has 3 aromatic rings. The third-order valence-electron chi connectivity index (χ3n) is 4.81. The molecule has 2 heterocycles. The van der Waals surface area contributed by atoms with Crippen molar-refractivity contribution in [2.45, 2.75) is 33.4 Å². The van der Waals surface area contributed by atoms with Crippen LogP contribution in [0, 0.1) is 11.8 Å². The van der Waals surface area contributed by atoms with Crippen LogP contribution in [-0.2, 0) is 6.18 Å². The van der Waals surface area contributed by atoms with Crippen molar-refractivity contribution in [1.82, 2.24) is 15.0 Å². The Kier molecular flexibility index (Phi) is 7.63. The van der Waals surface area contributed by atoms with Gasteiger partial charge in [-0.15, -0.1) is 0 Å². The fraction of sp³-hybridized carbons (Fsp3) is 0.333. The number of hydrogen-bond donors (Lipinski definition) is 1. The van der Waals surface area contributed by atoms with Crippen LogP contribution in [0.1, 0.15) is 43.2 Å². The second-order valence-corrected chi connectivity index (χ2v) is 8.23. The zero-order valence-corrected chi connectivity index (χ0v) is 18.6. The Morgan fingerprint density at radius 3 is 2.45 bits per heavy atom. The average molecular weight is 458 g/mol. The summed E-state index contributed by atoms with van der Waals surface area (Å²) in [5.74, 6) is 0.0180. The molecule has 1 atom stereocenters. The van der Waals surface area contributed by atoms with Gasteiger partial charge in [-0.3, -0.25) is 9.78 Å². The van der Waals surface area contributed by atoms with Crippen molar-refractivity contribution in [1.29, 1.82) is 0 Å². The number of halogens is 3. The van der Waals surface area contributed by atoms with E-state index < -0.39 is 17.6 Å². The summed E-state index contributed by atoms with van der Waals surface area (Å²) in [4.78, 5) is 24.1. The Balaban J connectivity index is 1.83. The van der Waals surface area contributed by atoms with Gasteiger partial charge in [-0.05, 0) is 53.6 Å². The van der Waals surface area contributed by atoms with Gasteiger partial charge >= 0.3 is 6.18 Å². The number of carbonyl (C=O) groups is 1. The quantitative estimate of drug-likeness (QED) is 0.457. The van der Waals surface area contributed by atoms with Crippen LogP contribution in [0.5, 0.6) is 5.75 Å². The standard InChI is InChI=1S/C24H25F3N4O2/c1-15(2)10-16(3)14-33-21-5-4-17(11-19(21)24(25,26)27)18-6-7-30-22(12-18)31-23(32)20-13-28-8-9-29-20/h4-9,11-13,15-16H,10,14H2,1-3H3,(H,30,31,32). The van der Waals surface area contributed by atoms with E-state index in [0.29, 0.717) is 17.0 Å². The van der Waals surface area contributed by atoms with Crippen LogP contribution in [-0.4, -0.2) is 27.5 Å². The number of anilines is 1. The summed E-state index contributed by atoms with van der Waals surface area (Å²) in [6.07, 6.45) is 1.81. The second kappa shape index (κ2) is 10.4. The number of nitrogens with one attached hydrogen (secondary N) is 1. The van der Waals surface area contributed by atoms with Crippen LogP contribution in [0.4, 0.5) is 19.0 Å². The van der Waals surface area contributed by atoms with Gasteiger partial charge in [0.1, 0.15) is 17.3 Å². The minimum absolute atomic E-state index is 0.0947. The summed E-state index contributed by atoms with van der Waals surface area (Å²) in [6.45, 7) is 6.28. The summed E-state index contributed by atoms with van der Waals surface area (Å²) >= 11 is 0. The molecule has 0 aliphatic heterocycles. The molecular formula is C24H25F3N4O2. The van der Waals surface area contributed by atoms with E-state index in [1.165, 1.54) is 36.9 Å². The fourth-order valence-corrected chi connectivity index (χ4v) is 3.44. The summed E-state index contributed by atoms with van der Waals surface area (Å²) in [5.41, 5.74) is 0.0305. The number of nitrogens with zero attached hydrogens (tertiary/aromatic N) is 3. The number of rotatable bonds is 8. The molecule has 0 saturated heterocycles. The lowest BCUT2D eigenvalue weighted by Gasteiger charge is -2.19. The van der Waals surface area contributed by atoms with Crippen molar-refractivity contribution >= 4 is 11.7 Å². The van der Waals surface area contributed by atoms with Crippen molar-refractivity contribution in [3.05, 3.63) is 66.4 Å². The van der Waals surface area contributed by atoms with Crippen LogP contribution < -0.4 is 10.1 Å². The van der Waals surface area contributed by atoms with Crippen LogP contribution >= 0.6 is 0 Å². The molecule has 1 aromatic carbocycles. The van der Waals surface area contributed by atoms with Gasteiger partial charge in [-0.25, -0.2) is 9.97 Å². The SMILES string of the molecule is CC(C)CC(C)COc1ccc(-c2ccnc(NC(=O)c3cnccn3)c2)cc1C(F)(F)F. The van der Waals surface area contributed by atoms with E-state index in [0.717, 1.165) is 12.5 Å². The number of pyridine rings is 1. The van der Waals surface area contributed by atoms with E-state index in [4.69, 9.17) is 4.74 Å². The van der Waals surface area contributed by atoms with Crippen LogP contribution in [0.15, 0.2) is 55.1 Å². The van der Waals surface area contributed by atoms with Crippen molar-refractivity contribution in [3.63, 3.8) is 0 Å². The Labute approximate surface area is 190 Å². The molecule has 0 fully saturated rings. The minimum atomic E-state index is -4.58. The average Bonchev–Trinajstić information content (AvgIpc) is 2.77. The zero-order valence-electron chi connectivity index (χ0n) is 18.6. The maximum Gasteiger partial charge on any atom is 0.419 e. The van der Waals surface area contributed by atoms with Crippen LogP contribution in [0.2, 0.25) is 0 Å². The number of aromatic nitrogens is 3. The lowest BCUT2D eigenvalue weighted by Crippen LogP contribution is -2.15. The molecule has 0 aliphatic rings. The fourth-order valence-electron chi connectivity index (χ4n) is 3.44. The van der Waals surface area contributed by atoms with E-state index >= 15 is 0 Å². The predicted molar refractivity (Wildman–Crippen MR) is 119 cm³/mol. The van der Waals surface area contributed by atoms with Gasteiger partial charge in [-0.1, -0.05) is 26.8 Å². The first-order valence-corrected chi connectivity index (χ1v) is 10.5. The second-order valence-electron chi connectivity index (χ2n) is 8.23. The summed E-state index contributed by atoms with van der Waals surface area (Å²) in [7, 11) is 0. The predicted octanol–water partition coefficient (Wildman–Crippen LogP) is 5.87. The van der Waals surface area contributed by atoms with E-state index in [-0.39, 0.29) is 29.8 Å². The van der Waals surface area contributed by atoms with Crippen LogP contribution in [0.25, 0.3) is 11.1 Å². The molecule has 1 N–H and O–H groups in total. The Morgan fingerprint density at radius 1 is 1.03 bits per heavy atom. The summed E-state index contributed by atoms with van der Waals surface area (Å²) < 4.78 is 46.8. The largest absolute Gasteiger partial charge is 0.493 e. The molecule has 0 bridgehead atoms. The minimum Gasteiger partial charge on any atom is -0.493 e. The van der Waals surface area contributed by atoms with Crippen molar-refractivity contribution in [2.24, 2.45) is 11.8 Å². The van der Waals surface area contributed by atoms with E-state index in [2.05, 4.69) is 34.1 Å². The van der Waals surface area contributed by atoms with Gasteiger partial charge in [0.15, 0.2) is 0 Å². The van der Waals surface area contributed by atoms with Gasteiger partial charge < -0.3 is 10.1 Å². The molecule has 0 spiro atoms. The van der Waals surface area contributed by atoms with Crippen molar-refractivity contribution < 1.29 is 22.7 Å². The third kappa shape index (κ3) is 6.74. The Morgan fingerprint density at radius 2 is 1.79 bits per heavy atom. The molecule has 3 rings (SSSR count). The molecule has 1 amide bonds. The van der Waals surface area contributed by atoms with Gasteiger partial charge in [0.25, 0.3) is 5.91 Å². The van der Waals surface area contributed by atoms with Crippen molar-refractivity contribution in [2.75, 3.05) is 11.9 Å². The normalized spacial score (nSPS) is 12.5. The first-order valence-electron chi connectivity index (χ1n) is 10.5. The maximum atomic E-state index is 13.8. The Hall–Kier alpha value is -3.49. The highest BCUT2D eigenvalue weighted by Gasteiger charge is 2.35. The molecule has 0 radical (unpaired) electrons. The molecule has 1 unspecified atom stereocenters. The zero-order chi connectivity index (χ0) is 24.0. The van der Waals surface area contributed by atoms with Gasteiger partial charge in [-0.2, -0.15) is 13.2 Å². The third-order valence-corrected chi connectivity index (χ3v) is 4.81. The topological polar surface area (TPSA) is 77.0 Å². The monoisotopic (exact) mass is 458 g/mol. The lowest BCUT2D eigenvalue weighted by atomic mass is 9.99. The molecule has 174 valence electrons. The number of ether oxygens (including phenoxy) is 1. The van der Waals surface area contributed by atoms with Crippen molar-refractivity contribution in [3.8, 4) is 16.9 Å². The maximum absolute atomic E-state index is 13.8. The first-order chi connectivity index (χ1) is 15.6. The highest BCUT2D eigenvalue weighted by atomic mass is 19.4. The highest BCUT2D eigenvalue weighted by Crippen LogP contribution is 2.39. The van der Waals surface area contributed by atoms with Crippen LogP contribution in [0.3, 0.4) is 0 Å². The highest BCUT2D eigenvalue weighted by molar-refractivity contribution is 6.02. The molecular weight excluding hydrogens is 433 g/mol. The van der Waals surface area contributed by atoms with Gasteiger partial charge in [0.2, 0.25) is 0 Å². The number of amides is 1. The van der Waals surface area contributed by atoms with E-state index in [1.807, 2.05) is 6.92 Å².